The van der Waals surface area contributed by atoms with Crippen molar-refractivity contribution < 1.29 is 29.3 Å². The number of nitro groups is 2. The van der Waals surface area contributed by atoms with E-state index in [4.69, 9.17) is 0 Å². The lowest BCUT2D eigenvalue weighted by Crippen LogP contribution is -2.16. The normalized spacial score (nSPS) is 10.7. The molecular formula is C19H10N4O8S3. The third-order valence-electron chi connectivity index (χ3n) is 4.57. The van der Waals surface area contributed by atoms with Crippen molar-refractivity contribution in [1.29, 1.82) is 0 Å². The van der Waals surface area contributed by atoms with Crippen molar-refractivity contribution in [1.82, 2.24) is 0 Å². The van der Waals surface area contributed by atoms with Crippen LogP contribution < -0.4 is 10.6 Å². The van der Waals surface area contributed by atoms with E-state index in [1.807, 2.05) is 0 Å². The van der Waals surface area contributed by atoms with Crippen molar-refractivity contribution >= 4 is 83.9 Å². The predicted molar refractivity (Wildman–Crippen MR) is 127 cm³/mol. The van der Waals surface area contributed by atoms with Gasteiger partial charge in [0.05, 0.1) is 9.85 Å². The summed E-state index contributed by atoms with van der Waals surface area (Å²) in [6.07, 6.45) is 0. The topological polar surface area (TPSA) is 182 Å². The van der Waals surface area contributed by atoms with Crippen LogP contribution in [0.25, 0.3) is 10.8 Å². The zero-order valence-corrected chi connectivity index (χ0v) is 18.9. The van der Waals surface area contributed by atoms with E-state index in [9.17, 15) is 39.7 Å². The van der Waals surface area contributed by atoms with Gasteiger partial charge in [-0.25, -0.2) is 4.79 Å². The van der Waals surface area contributed by atoms with Crippen LogP contribution in [-0.2, 0) is 0 Å². The van der Waals surface area contributed by atoms with Gasteiger partial charge >= 0.3 is 16.0 Å². The van der Waals surface area contributed by atoms with Gasteiger partial charge < -0.3 is 15.7 Å². The number of nitrogens with zero attached hydrogens (tertiary/aromatic N) is 2. The van der Waals surface area contributed by atoms with Crippen LogP contribution in [0.4, 0.5) is 21.4 Å². The molecule has 3 N–H and O–H groups in total. The summed E-state index contributed by atoms with van der Waals surface area (Å²) in [5.41, 5.74) is -0.176. The summed E-state index contributed by atoms with van der Waals surface area (Å²) >= 11 is 2.44. The van der Waals surface area contributed by atoms with Gasteiger partial charge in [-0.05, 0) is 35.0 Å². The second-order valence-electron chi connectivity index (χ2n) is 6.52. The van der Waals surface area contributed by atoms with Crippen molar-refractivity contribution in [3.63, 3.8) is 0 Å². The fraction of sp³-hybridized carbons (Fsp3) is 0. The Hall–Kier alpha value is -4.21. The minimum absolute atomic E-state index is 0.00249. The Morgan fingerprint density at radius 1 is 0.794 bits per heavy atom. The molecule has 2 amide bonds. The van der Waals surface area contributed by atoms with E-state index in [1.54, 1.807) is 0 Å². The zero-order chi connectivity index (χ0) is 24.6. The van der Waals surface area contributed by atoms with E-state index in [-0.39, 0.29) is 48.2 Å². The molecule has 3 heterocycles. The highest BCUT2D eigenvalue weighted by atomic mass is 32.1. The molecule has 0 aliphatic carbocycles. The van der Waals surface area contributed by atoms with Crippen LogP contribution in [0.5, 0.6) is 0 Å². The average Bonchev–Trinajstić information content (AvgIpc) is 3.52. The average molecular weight is 519 g/mol. The summed E-state index contributed by atoms with van der Waals surface area (Å²) in [5.74, 6) is -2.86. The van der Waals surface area contributed by atoms with Gasteiger partial charge in [-0.3, -0.25) is 29.8 Å². The number of carbonyl (C=O) groups excluding carboxylic acids is 2. The summed E-state index contributed by atoms with van der Waals surface area (Å²) in [6.45, 7) is 0. The molecule has 4 rings (SSSR count). The van der Waals surface area contributed by atoms with Gasteiger partial charge in [0.2, 0.25) is 0 Å². The van der Waals surface area contributed by atoms with Crippen molar-refractivity contribution in [3.8, 4) is 0 Å². The summed E-state index contributed by atoms with van der Waals surface area (Å²) in [7, 11) is 0. The third-order valence-corrected chi connectivity index (χ3v) is 7.27. The van der Waals surface area contributed by atoms with Crippen LogP contribution in [0, 0.1) is 20.2 Å². The molecule has 3 aromatic heterocycles. The van der Waals surface area contributed by atoms with E-state index in [1.165, 1.54) is 40.4 Å². The number of benzene rings is 1. The van der Waals surface area contributed by atoms with Gasteiger partial charge in [-0.2, -0.15) is 0 Å². The Labute approximate surface area is 200 Å². The molecular weight excluding hydrogens is 508 g/mol. The number of hydrogen-bond acceptors (Lipinski definition) is 10. The molecule has 0 spiro atoms. The van der Waals surface area contributed by atoms with Crippen LogP contribution in [0.1, 0.15) is 30.4 Å². The van der Waals surface area contributed by atoms with Crippen molar-refractivity contribution in [2.24, 2.45) is 0 Å². The van der Waals surface area contributed by atoms with Crippen molar-refractivity contribution in [2.75, 3.05) is 10.6 Å². The Kier molecular flexibility index (Phi) is 6.06. The number of fused-ring (bicyclic) bond motifs is 1. The molecule has 12 nitrogen and oxygen atoms in total. The maximum absolute atomic E-state index is 12.9. The zero-order valence-electron chi connectivity index (χ0n) is 16.5. The maximum Gasteiger partial charge on any atom is 0.347 e. The highest BCUT2D eigenvalue weighted by molar-refractivity contribution is 7.14. The van der Waals surface area contributed by atoms with Crippen LogP contribution in [0.15, 0.2) is 40.4 Å². The highest BCUT2D eigenvalue weighted by Gasteiger charge is 2.26. The summed E-state index contributed by atoms with van der Waals surface area (Å²) in [4.78, 5) is 58.4. The molecule has 0 bridgehead atoms. The summed E-state index contributed by atoms with van der Waals surface area (Å²) in [6, 6.07) is 5.22. The molecule has 4 aromatic rings. The van der Waals surface area contributed by atoms with Crippen molar-refractivity contribution in [2.45, 2.75) is 0 Å². The molecule has 0 unspecified atom stereocenters. The molecule has 0 aliphatic heterocycles. The van der Waals surface area contributed by atoms with Crippen LogP contribution in [0.3, 0.4) is 0 Å². The molecule has 0 saturated heterocycles. The summed E-state index contributed by atoms with van der Waals surface area (Å²) in [5, 5.41) is 40.5. The first-order valence-corrected chi connectivity index (χ1v) is 11.7. The standard InChI is InChI=1S/C19H10N4O8S3/c24-15(20-11-3-5-32-17(11)22(28)29)8-1-2-9(13-10(8)7-34-14(13)19(26)27)16(25)21-12-4-6-33-18(12)23(30)31/h1-7H,(H,20,24)(H,21,25)(H,26,27). The summed E-state index contributed by atoms with van der Waals surface area (Å²) < 4.78 is 0. The van der Waals surface area contributed by atoms with E-state index in [0.29, 0.717) is 0 Å². The maximum atomic E-state index is 12.9. The van der Waals surface area contributed by atoms with E-state index in [2.05, 4.69) is 10.6 Å². The lowest BCUT2D eigenvalue weighted by Gasteiger charge is -2.09. The number of aromatic carboxylic acids is 1. The van der Waals surface area contributed by atoms with Gasteiger partial charge in [0.25, 0.3) is 11.8 Å². The third kappa shape index (κ3) is 4.09. The molecule has 0 radical (unpaired) electrons. The molecule has 15 heteroatoms. The minimum atomic E-state index is -1.33. The van der Waals surface area contributed by atoms with E-state index in [0.717, 1.165) is 34.0 Å². The number of carboxylic acid groups (broad SMARTS) is 1. The lowest BCUT2D eigenvalue weighted by molar-refractivity contribution is -0.379. The first-order chi connectivity index (χ1) is 16.2. The second-order valence-corrected chi connectivity index (χ2v) is 9.19. The number of hydrogen-bond donors (Lipinski definition) is 3. The number of carboxylic acids is 1. The largest absolute Gasteiger partial charge is 0.477 e. The smallest absolute Gasteiger partial charge is 0.347 e. The monoisotopic (exact) mass is 518 g/mol. The van der Waals surface area contributed by atoms with Crippen LogP contribution >= 0.6 is 34.0 Å². The number of amides is 2. The molecule has 34 heavy (non-hydrogen) atoms. The fourth-order valence-electron chi connectivity index (χ4n) is 3.16. The first-order valence-electron chi connectivity index (χ1n) is 9.03. The predicted octanol–water partition coefficient (Wildman–Crippen LogP) is 5.04. The lowest BCUT2D eigenvalue weighted by atomic mass is 10.00. The SMILES string of the molecule is O=C(Nc1ccsc1[N+](=O)[O-])c1ccc(C(=O)Nc2ccsc2[N+](=O)[O-])c2c(C(=O)O)scc12. The van der Waals surface area contributed by atoms with Crippen LogP contribution in [-0.4, -0.2) is 32.7 Å². The quantitative estimate of drug-likeness (QED) is 0.224. The Bertz CT molecular complexity index is 1500. The fourth-order valence-corrected chi connectivity index (χ4v) is 5.41. The Morgan fingerprint density at radius 3 is 1.79 bits per heavy atom. The molecule has 0 atom stereocenters. The number of anilines is 2. The Balaban J connectivity index is 1.76. The van der Waals surface area contributed by atoms with Gasteiger partial charge in [0.15, 0.2) is 0 Å². The molecule has 0 fully saturated rings. The molecule has 0 saturated carbocycles. The molecule has 0 aliphatic rings. The van der Waals surface area contributed by atoms with Gasteiger partial charge in [-0.1, -0.05) is 22.7 Å². The van der Waals surface area contributed by atoms with Gasteiger partial charge in [0, 0.05) is 27.3 Å². The Morgan fingerprint density at radius 2 is 1.29 bits per heavy atom. The minimum Gasteiger partial charge on any atom is -0.477 e. The molecule has 1 aromatic carbocycles. The highest BCUT2D eigenvalue weighted by Crippen LogP contribution is 2.36. The number of nitrogens with one attached hydrogen (secondary N) is 2. The molecule has 172 valence electrons. The van der Waals surface area contributed by atoms with Crippen molar-refractivity contribution in [3.05, 3.63) is 76.6 Å². The van der Waals surface area contributed by atoms with Crippen LogP contribution in [0.2, 0.25) is 0 Å². The second kappa shape index (κ2) is 8.97. The van der Waals surface area contributed by atoms with E-state index >= 15 is 0 Å². The number of thiophene rings is 3. The van der Waals surface area contributed by atoms with E-state index < -0.39 is 27.6 Å². The number of carbonyl (C=O) groups is 3. The van der Waals surface area contributed by atoms with Gasteiger partial charge in [-0.15, -0.1) is 11.3 Å². The first kappa shape index (κ1) is 23.0. The van der Waals surface area contributed by atoms with Gasteiger partial charge in [0.1, 0.15) is 16.3 Å². The number of rotatable bonds is 7.